The van der Waals surface area contributed by atoms with Gasteiger partial charge in [0, 0.05) is 6.42 Å². The highest BCUT2D eigenvalue weighted by atomic mass is 16.3. The summed E-state index contributed by atoms with van der Waals surface area (Å²) >= 11 is 0. The smallest absolute Gasteiger partial charge is 0.0699 e. The fourth-order valence-corrected chi connectivity index (χ4v) is 2.60. The van der Waals surface area contributed by atoms with E-state index in [4.69, 9.17) is 5.11 Å². The molecule has 0 amide bonds. The zero-order chi connectivity index (χ0) is 12.3. The van der Waals surface area contributed by atoms with Gasteiger partial charge in [0.25, 0.3) is 0 Å². The summed E-state index contributed by atoms with van der Waals surface area (Å²) in [5.74, 6) is -0.0140. The molecule has 16 heavy (non-hydrogen) atoms. The molecule has 0 aromatic rings. The molecule has 0 aliphatic heterocycles. The number of aliphatic hydroxyl groups is 4. The maximum Gasteiger partial charge on any atom is 0.0699 e. The molecule has 96 valence electrons. The molecule has 1 aliphatic rings. The molecule has 0 aromatic heterocycles. The van der Waals surface area contributed by atoms with Gasteiger partial charge in [-0.3, -0.25) is 0 Å². The van der Waals surface area contributed by atoms with Crippen molar-refractivity contribution in [2.45, 2.75) is 69.9 Å². The Morgan fingerprint density at radius 1 is 1.38 bits per heavy atom. The molecule has 0 saturated heterocycles. The summed E-state index contributed by atoms with van der Waals surface area (Å²) in [4.78, 5) is 0. The Labute approximate surface area is 96.9 Å². The van der Waals surface area contributed by atoms with Gasteiger partial charge in [-0.15, -0.1) is 0 Å². The molecule has 1 saturated carbocycles. The van der Waals surface area contributed by atoms with Gasteiger partial charge in [0.05, 0.1) is 23.9 Å². The molecular weight excluding hydrogens is 208 g/mol. The van der Waals surface area contributed by atoms with Gasteiger partial charge in [-0.05, 0) is 38.5 Å². The summed E-state index contributed by atoms with van der Waals surface area (Å²) < 4.78 is 0. The average Bonchev–Trinajstić information content (AvgIpc) is 2.11. The van der Waals surface area contributed by atoms with E-state index in [1.165, 1.54) is 0 Å². The Bertz CT molecular complexity index is 219. The fourth-order valence-electron chi connectivity index (χ4n) is 2.60. The third kappa shape index (κ3) is 3.70. The molecule has 4 N–H and O–H groups in total. The topological polar surface area (TPSA) is 80.9 Å². The van der Waals surface area contributed by atoms with Gasteiger partial charge in [-0.2, -0.15) is 0 Å². The Kier molecular flexibility index (Phi) is 4.73. The number of aliphatic hydroxyl groups excluding tert-OH is 3. The minimum absolute atomic E-state index is 0.0140. The Morgan fingerprint density at radius 3 is 2.50 bits per heavy atom. The predicted octanol–water partition coefficient (Wildman–Crippen LogP) is 0.420. The largest absolute Gasteiger partial charge is 0.393 e. The van der Waals surface area contributed by atoms with Crippen LogP contribution in [-0.4, -0.2) is 44.3 Å². The lowest BCUT2D eigenvalue weighted by Gasteiger charge is -2.41. The normalized spacial score (nSPS) is 39.4. The van der Waals surface area contributed by atoms with E-state index in [1.807, 2.05) is 6.92 Å². The highest BCUT2D eigenvalue weighted by molar-refractivity contribution is 4.92. The SMILES string of the molecule is CC(O)CC(O)CC1(O)CCC(O)CC1C. The van der Waals surface area contributed by atoms with Gasteiger partial charge in [0.15, 0.2) is 0 Å². The van der Waals surface area contributed by atoms with Gasteiger partial charge in [-0.25, -0.2) is 0 Å². The molecular formula is C12H24O4. The summed E-state index contributed by atoms with van der Waals surface area (Å²) in [6.45, 7) is 3.53. The minimum atomic E-state index is -0.895. The second-order valence-corrected chi connectivity index (χ2v) is 5.38. The van der Waals surface area contributed by atoms with Crippen molar-refractivity contribution in [1.29, 1.82) is 0 Å². The Balaban J connectivity index is 2.50. The Hall–Kier alpha value is -0.160. The van der Waals surface area contributed by atoms with Gasteiger partial charge in [0.2, 0.25) is 0 Å². The number of hydrogen-bond donors (Lipinski definition) is 4. The van der Waals surface area contributed by atoms with Crippen LogP contribution in [0, 0.1) is 5.92 Å². The summed E-state index contributed by atoms with van der Waals surface area (Å²) in [5.41, 5.74) is -0.895. The molecule has 4 nitrogen and oxygen atoms in total. The van der Waals surface area contributed by atoms with Crippen molar-refractivity contribution in [2.24, 2.45) is 5.92 Å². The van der Waals surface area contributed by atoms with Crippen molar-refractivity contribution in [3.8, 4) is 0 Å². The van der Waals surface area contributed by atoms with Crippen LogP contribution in [0.1, 0.15) is 46.0 Å². The Morgan fingerprint density at radius 2 is 2.00 bits per heavy atom. The van der Waals surface area contributed by atoms with E-state index in [0.29, 0.717) is 19.3 Å². The van der Waals surface area contributed by atoms with Crippen molar-refractivity contribution in [3.63, 3.8) is 0 Å². The summed E-state index contributed by atoms with van der Waals surface area (Å²) in [7, 11) is 0. The second-order valence-electron chi connectivity index (χ2n) is 5.38. The molecule has 0 radical (unpaired) electrons. The maximum atomic E-state index is 10.4. The van der Waals surface area contributed by atoms with Gasteiger partial charge in [0.1, 0.15) is 0 Å². The van der Waals surface area contributed by atoms with E-state index in [9.17, 15) is 15.3 Å². The first-order valence-electron chi connectivity index (χ1n) is 6.10. The lowest BCUT2D eigenvalue weighted by Crippen LogP contribution is -2.45. The molecule has 0 bridgehead atoms. The average molecular weight is 232 g/mol. The van der Waals surface area contributed by atoms with E-state index in [2.05, 4.69) is 0 Å². The second kappa shape index (κ2) is 5.45. The van der Waals surface area contributed by atoms with Crippen molar-refractivity contribution < 1.29 is 20.4 Å². The molecule has 5 atom stereocenters. The molecule has 0 aromatic carbocycles. The van der Waals surface area contributed by atoms with Crippen molar-refractivity contribution in [2.75, 3.05) is 0 Å². The van der Waals surface area contributed by atoms with Crippen LogP contribution < -0.4 is 0 Å². The minimum Gasteiger partial charge on any atom is -0.393 e. The predicted molar refractivity (Wildman–Crippen MR) is 60.9 cm³/mol. The van der Waals surface area contributed by atoms with Crippen LogP contribution in [0.25, 0.3) is 0 Å². The standard InChI is InChI=1S/C12H24O4/c1-8-5-10(14)3-4-12(8,16)7-11(15)6-9(2)13/h8-11,13-16H,3-7H2,1-2H3. The molecule has 1 fully saturated rings. The lowest BCUT2D eigenvalue weighted by atomic mass is 9.72. The zero-order valence-corrected chi connectivity index (χ0v) is 10.1. The van der Waals surface area contributed by atoms with Crippen LogP contribution in [0.15, 0.2) is 0 Å². The van der Waals surface area contributed by atoms with Crippen LogP contribution >= 0.6 is 0 Å². The van der Waals surface area contributed by atoms with Crippen LogP contribution in [0.2, 0.25) is 0 Å². The molecule has 1 rings (SSSR count). The highest BCUT2D eigenvalue weighted by Gasteiger charge is 2.40. The van der Waals surface area contributed by atoms with E-state index >= 15 is 0 Å². The van der Waals surface area contributed by atoms with E-state index in [-0.39, 0.29) is 24.9 Å². The van der Waals surface area contributed by atoms with Gasteiger partial charge in [-0.1, -0.05) is 6.92 Å². The highest BCUT2D eigenvalue weighted by Crippen LogP contribution is 2.37. The monoisotopic (exact) mass is 232 g/mol. The molecule has 1 aliphatic carbocycles. The van der Waals surface area contributed by atoms with Crippen LogP contribution in [0.4, 0.5) is 0 Å². The first kappa shape index (κ1) is 13.9. The van der Waals surface area contributed by atoms with Gasteiger partial charge < -0.3 is 20.4 Å². The molecule has 0 spiro atoms. The number of hydrogen-bond acceptors (Lipinski definition) is 4. The summed E-state index contributed by atoms with van der Waals surface area (Å²) in [6, 6.07) is 0. The molecule has 5 unspecified atom stereocenters. The quantitative estimate of drug-likeness (QED) is 0.566. The maximum absolute atomic E-state index is 10.4. The lowest BCUT2D eigenvalue weighted by molar-refractivity contribution is -0.102. The third-order valence-corrected chi connectivity index (χ3v) is 3.66. The summed E-state index contributed by atoms with van der Waals surface area (Å²) in [6.07, 6.45) is 0.699. The van der Waals surface area contributed by atoms with Crippen LogP contribution in [-0.2, 0) is 0 Å². The van der Waals surface area contributed by atoms with Crippen molar-refractivity contribution in [1.82, 2.24) is 0 Å². The van der Waals surface area contributed by atoms with Crippen molar-refractivity contribution in [3.05, 3.63) is 0 Å². The molecule has 0 heterocycles. The number of rotatable bonds is 4. The van der Waals surface area contributed by atoms with E-state index in [0.717, 1.165) is 0 Å². The first-order valence-corrected chi connectivity index (χ1v) is 6.10. The molecule has 4 heteroatoms. The third-order valence-electron chi connectivity index (χ3n) is 3.66. The van der Waals surface area contributed by atoms with E-state index < -0.39 is 17.8 Å². The fraction of sp³-hybridized carbons (Fsp3) is 1.00. The first-order chi connectivity index (χ1) is 7.33. The van der Waals surface area contributed by atoms with Crippen LogP contribution in [0.5, 0.6) is 0 Å². The van der Waals surface area contributed by atoms with E-state index in [1.54, 1.807) is 6.92 Å². The van der Waals surface area contributed by atoms with Crippen molar-refractivity contribution >= 4 is 0 Å². The zero-order valence-electron chi connectivity index (χ0n) is 10.1. The van der Waals surface area contributed by atoms with Gasteiger partial charge >= 0.3 is 0 Å². The summed E-state index contributed by atoms with van der Waals surface area (Å²) in [5, 5.41) is 38.8. The van der Waals surface area contributed by atoms with Crippen LogP contribution in [0.3, 0.4) is 0 Å².